The largest absolute Gasteiger partial charge is 0.491 e. The third-order valence-electron chi connectivity index (χ3n) is 1.21. The standard InChI is InChI=1S/C7H3F4O/c1-12-7-5(10)3(8)2-4(9)6(7)11/h1H3. The van der Waals surface area contributed by atoms with E-state index < -0.39 is 29.0 Å². The molecule has 1 rings (SSSR count). The number of rotatable bonds is 1. The molecule has 0 fully saturated rings. The molecule has 0 amide bonds. The van der Waals surface area contributed by atoms with E-state index >= 15 is 0 Å². The Labute approximate surface area is 65.6 Å². The number of methoxy groups -OCH3 is 1. The maximum atomic E-state index is 12.5. The lowest BCUT2D eigenvalue weighted by molar-refractivity contribution is 0.331. The Bertz CT molecular complexity index is 285. The molecule has 1 radical (unpaired) electrons. The van der Waals surface area contributed by atoms with Crippen molar-refractivity contribution in [2.24, 2.45) is 0 Å². The monoisotopic (exact) mass is 179 g/mol. The van der Waals surface area contributed by atoms with Gasteiger partial charge in [0.25, 0.3) is 0 Å². The van der Waals surface area contributed by atoms with Crippen LogP contribution in [-0.4, -0.2) is 7.11 Å². The lowest BCUT2D eigenvalue weighted by atomic mass is 10.3. The number of ether oxygens (including phenoxy) is 1. The number of halogens is 4. The molecular formula is C7H3F4O. The Kier molecular flexibility index (Phi) is 2.21. The minimum absolute atomic E-state index is 0.903. The number of hydrogen-bond acceptors (Lipinski definition) is 1. The van der Waals surface area contributed by atoms with Gasteiger partial charge < -0.3 is 4.74 Å². The van der Waals surface area contributed by atoms with Gasteiger partial charge in [0.05, 0.1) is 13.2 Å². The highest BCUT2D eigenvalue weighted by Gasteiger charge is 2.19. The number of hydrogen-bond donors (Lipinski definition) is 0. The van der Waals surface area contributed by atoms with E-state index in [2.05, 4.69) is 4.74 Å². The molecule has 0 atom stereocenters. The van der Waals surface area contributed by atoms with E-state index in [4.69, 9.17) is 0 Å². The van der Waals surface area contributed by atoms with Crippen LogP contribution in [0.1, 0.15) is 0 Å². The quantitative estimate of drug-likeness (QED) is 0.473. The Morgan fingerprint density at radius 1 is 1.00 bits per heavy atom. The fourth-order valence-electron chi connectivity index (χ4n) is 0.681. The first-order chi connectivity index (χ1) is 5.57. The van der Waals surface area contributed by atoms with Crippen molar-refractivity contribution in [3.05, 3.63) is 29.3 Å². The summed E-state index contributed by atoms with van der Waals surface area (Å²) in [5.41, 5.74) is 0. The summed E-state index contributed by atoms with van der Waals surface area (Å²) in [6.45, 7) is 0. The summed E-state index contributed by atoms with van der Waals surface area (Å²) >= 11 is 0. The van der Waals surface area contributed by atoms with Crippen LogP contribution >= 0.6 is 0 Å². The van der Waals surface area contributed by atoms with Crippen molar-refractivity contribution in [3.8, 4) is 5.75 Å². The van der Waals surface area contributed by atoms with E-state index in [1.807, 2.05) is 0 Å². The maximum absolute atomic E-state index is 12.5. The predicted molar refractivity (Wildman–Crippen MR) is 31.7 cm³/mol. The van der Waals surface area contributed by atoms with Crippen LogP contribution in [-0.2, 0) is 0 Å². The van der Waals surface area contributed by atoms with Gasteiger partial charge >= 0.3 is 0 Å². The molecule has 0 aromatic heterocycles. The SMILES string of the molecule is COc1c(F)c(F)[c]c(F)c1F. The van der Waals surface area contributed by atoms with Gasteiger partial charge in [0.1, 0.15) is 0 Å². The summed E-state index contributed by atoms with van der Waals surface area (Å²) in [5.74, 6) is -7.46. The molecule has 0 saturated carbocycles. The second-order valence-corrected chi connectivity index (χ2v) is 1.91. The molecule has 1 aromatic carbocycles. The predicted octanol–water partition coefficient (Wildman–Crippen LogP) is 2.05. The first kappa shape index (κ1) is 8.83. The molecule has 0 unspecified atom stereocenters. The second-order valence-electron chi connectivity index (χ2n) is 1.91. The fourth-order valence-corrected chi connectivity index (χ4v) is 0.681. The molecule has 0 saturated heterocycles. The maximum Gasteiger partial charge on any atom is 0.204 e. The van der Waals surface area contributed by atoms with Gasteiger partial charge in [0.15, 0.2) is 17.4 Å². The van der Waals surface area contributed by atoms with Crippen LogP contribution < -0.4 is 4.74 Å². The third kappa shape index (κ3) is 1.22. The van der Waals surface area contributed by atoms with Crippen LogP contribution in [0.4, 0.5) is 17.6 Å². The van der Waals surface area contributed by atoms with E-state index in [0.29, 0.717) is 0 Å². The molecule has 5 heteroatoms. The zero-order valence-corrected chi connectivity index (χ0v) is 5.92. The van der Waals surface area contributed by atoms with Crippen LogP contribution in [0.5, 0.6) is 5.75 Å². The van der Waals surface area contributed by atoms with Crippen molar-refractivity contribution in [3.63, 3.8) is 0 Å². The summed E-state index contributed by atoms with van der Waals surface area (Å²) in [5, 5.41) is 0. The van der Waals surface area contributed by atoms with Gasteiger partial charge in [-0.3, -0.25) is 0 Å². The molecular weight excluding hydrogens is 176 g/mol. The van der Waals surface area contributed by atoms with Gasteiger partial charge in [-0.15, -0.1) is 0 Å². The van der Waals surface area contributed by atoms with Gasteiger partial charge in [-0.05, 0) is 0 Å². The molecule has 0 N–H and O–H groups in total. The summed E-state index contributed by atoms with van der Waals surface area (Å²) in [6, 6.07) is 1.22. The molecule has 65 valence electrons. The van der Waals surface area contributed by atoms with Gasteiger partial charge in [0, 0.05) is 0 Å². The first-order valence-corrected chi connectivity index (χ1v) is 2.87. The lowest BCUT2D eigenvalue weighted by Gasteiger charge is -2.03. The molecule has 0 aliphatic heterocycles. The van der Waals surface area contributed by atoms with Crippen LogP contribution in [0.25, 0.3) is 0 Å². The van der Waals surface area contributed by atoms with Gasteiger partial charge in [-0.25, -0.2) is 8.78 Å². The van der Waals surface area contributed by atoms with E-state index in [1.54, 1.807) is 0 Å². The molecule has 0 heterocycles. The van der Waals surface area contributed by atoms with Crippen LogP contribution in [0.2, 0.25) is 0 Å². The van der Waals surface area contributed by atoms with Crippen molar-refractivity contribution >= 4 is 0 Å². The highest BCUT2D eigenvalue weighted by Crippen LogP contribution is 2.25. The summed E-state index contributed by atoms with van der Waals surface area (Å²) in [4.78, 5) is 0. The van der Waals surface area contributed by atoms with Crippen LogP contribution in [0.3, 0.4) is 0 Å². The van der Waals surface area contributed by atoms with E-state index in [-0.39, 0.29) is 0 Å². The Balaban J connectivity index is 3.42. The van der Waals surface area contributed by atoms with E-state index in [9.17, 15) is 17.6 Å². The zero-order valence-electron chi connectivity index (χ0n) is 5.92. The number of benzene rings is 1. The molecule has 0 spiro atoms. The summed E-state index contributed by atoms with van der Waals surface area (Å²) in [7, 11) is 0.903. The van der Waals surface area contributed by atoms with E-state index in [0.717, 1.165) is 7.11 Å². The molecule has 12 heavy (non-hydrogen) atoms. The average Bonchev–Trinajstić information content (AvgIpc) is 2.02. The highest BCUT2D eigenvalue weighted by molar-refractivity contribution is 5.27. The molecule has 0 aliphatic rings. The Hall–Kier alpha value is -1.26. The smallest absolute Gasteiger partial charge is 0.204 e. The Morgan fingerprint density at radius 3 is 1.75 bits per heavy atom. The van der Waals surface area contributed by atoms with Crippen molar-refractivity contribution in [2.45, 2.75) is 0 Å². The van der Waals surface area contributed by atoms with Crippen molar-refractivity contribution in [1.82, 2.24) is 0 Å². The summed E-state index contributed by atoms with van der Waals surface area (Å²) in [6.07, 6.45) is 0. The minimum atomic E-state index is -1.61. The zero-order chi connectivity index (χ0) is 9.30. The van der Waals surface area contributed by atoms with Crippen molar-refractivity contribution in [1.29, 1.82) is 0 Å². The van der Waals surface area contributed by atoms with Crippen molar-refractivity contribution < 1.29 is 22.3 Å². The molecule has 0 aliphatic carbocycles. The highest BCUT2D eigenvalue weighted by atomic mass is 19.2. The minimum Gasteiger partial charge on any atom is -0.491 e. The normalized spacial score (nSPS) is 10.1. The summed E-state index contributed by atoms with van der Waals surface area (Å²) < 4.78 is 53.7. The lowest BCUT2D eigenvalue weighted by Crippen LogP contribution is -1.99. The van der Waals surface area contributed by atoms with Crippen LogP contribution in [0, 0.1) is 29.3 Å². The Morgan fingerprint density at radius 2 is 1.42 bits per heavy atom. The van der Waals surface area contributed by atoms with Gasteiger partial charge in [-0.1, -0.05) is 0 Å². The topological polar surface area (TPSA) is 9.23 Å². The first-order valence-electron chi connectivity index (χ1n) is 2.87. The average molecular weight is 179 g/mol. The van der Waals surface area contributed by atoms with Crippen molar-refractivity contribution in [2.75, 3.05) is 7.11 Å². The van der Waals surface area contributed by atoms with Crippen LogP contribution in [0.15, 0.2) is 0 Å². The molecule has 1 nitrogen and oxygen atoms in total. The third-order valence-corrected chi connectivity index (χ3v) is 1.21. The second kappa shape index (κ2) is 3.00. The molecule has 1 aromatic rings. The fraction of sp³-hybridized carbons (Fsp3) is 0.143. The molecule has 0 bridgehead atoms. The van der Waals surface area contributed by atoms with E-state index in [1.165, 1.54) is 6.07 Å². The van der Waals surface area contributed by atoms with Gasteiger partial charge in [-0.2, -0.15) is 8.78 Å². The van der Waals surface area contributed by atoms with Gasteiger partial charge in [0.2, 0.25) is 11.6 Å².